The van der Waals surface area contributed by atoms with Gasteiger partial charge in [-0.1, -0.05) is 12.1 Å². The molecule has 0 bridgehead atoms. The Balaban J connectivity index is 0.00000192. The molecule has 0 amide bonds. The highest BCUT2D eigenvalue weighted by atomic mass is 35.5. The molecule has 1 aliphatic carbocycles. The number of rotatable bonds is 3. The van der Waals surface area contributed by atoms with Gasteiger partial charge >= 0.3 is 0 Å². The number of ether oxygens (including phenoxy) is 3. The maximum Gasteiger partial charge on any atom is 0.231 e. The summed E-state index contributed by atoms with van der Waals surface area (Å²) >= 11 is 0. The van der Waals surface area contributed by atoms with Crippen LogP contribution in [0.4, 0.5) is 0 Å². The van der Waals surface area contributed by atoms with Gasteiger partial charge in [0.2, 0.25) is 12.2 Å². The zero-order chi connectivity index (χ0) is 18.5. The molecule has 0 spiro atoms. The number of pyridine rings is 1. The van der Waals surface area contributed by atoms with Gasteiger partial charge in [-0.15, -0.1) is 12.4 Å². The van der Waals surface area contributed by atoms with Crippen LogP contribution in [0.1, 0.15) is 0 Å². The van der Waals surface area contributed by atoms with Crippen LogP contribution in [0, 0.1) is 0 Å². The van der Waals surface area contributed by atoms with Crippen molar-refractivity contribution >= 4 is 34.1 Å². The first kappa shape index (κ1) is 18.4. The van der Waals surface area contributed by atoms with Gasteiger partial charge in [0, 0.05) is 29.6 Å². The fourth-order valence-corrected chi connectivity index (χ4v) is 3.77. The Labute approximate surface area is 166 Å². The molecule has 0 saturated heterocycles. The van der Waals surface area contributed by atoms with E-state index in [2.05, 4.69) is 0 Å². The Bertz CT molecular complexity index is 1230. The van der Waals surface area contributed by atoms with Gasteiger partial charge in [0.15, 0.2) is 17.2 Å². The Morgan fingerprint density at radius 3 is 2.64 bits per heavy atom. The molecule has 1 N–H and O–H groups in total. The highest BCUT2D eigenvalue weighted by molar-refractivity contribution is 6.11. The first-order valence-corrected chi connectivity index (χ1v) is 8.69. The predicted octanol–water partition coefficient (Wildman–Crippen LogP) is 3.32. The summed E-state index contributed by atoms with van der Waals surface area (Å²) in [6, 6.07) is 11.6. The van der Waals surface area contributed by atoms with Crippen molar-refractivity contribution in [3.8, 4) is 28.4 Å². The van der Waals surface area contributed by atoms with Crippen LogP contribution in [0.25, 0.3) is 32.8 Å². The molecule has 3 aliphatic rings. The first-order chi connectivity index (χ1) is 13.2. The second kappa shape index (κ2) is 6.89. The number of aliphatic hydroxyl groups excluding tert-OH is 1. The quantitative estimate of drug-likeness (QED) is 0.535. The minimum Gasteiger partial charge on any atom is -0.487 e. The zero-order valence-corrected chi connectivity index (χ0v) is 15.9. The van der Waals surface area contributed by atoms with Crippen molar-refractivity contribution in [3.05, 3.63) is 52.8 Å². The molecule has 0 fully saturated rings. The molecule has 0 radical (unpaired) electrons. The fraction of sp³-hybridized carbons (Fsp3) is 0.190. The van der Waals surface area contributed by atoms with Gasteiger partial charge in [0.25, 0.3) is 0 Å². The molecule has 2 aliphatic heterocycles. The molecular formula is C21H18ClNO5. The maximum atomic E-state index is 12.8. The van der Waals surface area contributed by atoms with Gasteiger partial charge in [-0.25, -0.2) is 0 Å². The number of aromatic nitrogens is 1. The number of fused-ring (bicyclic) bond motifs is 6. The van der Waals surface area contributed by atoms with Gasteiger partial charge in [-0.2, -0.15) is 0 Å². The molecule has 5 rings (SSSR count). The summed E-state index contributed by atoms with van der Waals surface area (Å²) in [4.78, 5) is 12.8. The monoisotopic (exact) mass is 399 g/mol. The molecule has 6 nitrogen and oxygen atoms in total. The number of nitrogens with zero attached hydrogens (tertiary/aromatic N) is 1. The molecular weight excluding hydrogens is 382 g/mol. The molecule has 0 aromatic heterocycles. The smallest absolute Gasteiger partial charge is 0.231 e. The van der Waals surface area contributed by atoms with Crippen molar-refractivity contribution in [1.29, 1.82) is 0 Å². The minimum absolute atomic E-state index is 0. The molecule has 0 unspecified atom stereocenters. The largest absolute Gasteiger partial charge is 0.487 e. The van der Waals surface area contributed by atoms with E-state index in [4.69, 9.17) is 19.3 Å². The van der Waals surface area contributed by atoms with E-state index in [9.17, 15) is 4.79 Å². The third-order valence-electron chi connectivity index (χ3n) is 4.96. The number of hydrogen-bond acceptors (Lipinski definition) is 5. The highest BCUT2D eigenvalue weighted by Gasteiger charge is 2.20. The molecule has 2 heterocycles. The topological polar surface area (TPSA) is 69.9 Å². The summed E-state index contributed by atoms with van der Waals surface area (Å²) in [5.74, 6) is 1.73. The summed E-state index contributed by atoms with van der Waals surface area (Å²) in [5.41, 5.74) is 2.29. The molecule has 0 saturated carbocycles. The Kier molecular flexibility index (Phi) is 4.53. The van der Waals surface area contributed by atoms with Crippen molar-refractivity contribution in [1.82, 2.24) is 4.57 Å². The summed E-state index contributed by atoms with van der Waals surface area (Å²) in [5, 5.41) is 12.0. The number of hydrogen-bond donors (Lipinski definition) is 1. The van der Waals surface area contributed by atoms with Gasteiger partial charge in [0.1, 0.15) is 6.61 Å². The van der Waals surface area contributed by atoms with Crippen molar-refractivity contribution in [2.45, 2.75) is 0 Å². The third kappa shape index (κ3) is 2.65. The van der Waals surface area contributed by atoms with E-state index in [1.807, 2.05) is 48.1 Å². The van der Waals surface area contributed by atoms with Crippen molar-refractivity contribution in [2.24, 2.45) is 7.05 Å². The Morgan fingerprint density at radius 1 is 1.07 bits per heavy atom. The average molecular weight is 400 g/mol. The van der Waals surface area contributed by atoms with E-state index in [1.54, 1.807) is 6.07 Å². The lowest BCUT2D eigenvalue weighted by atomic mass is 9.96. The Morgan fingerprint density at radius 2 is 1.86 bits per heavy atom. The highest BCUT2D eigenvalue weighted by Crippen LogP contribution is 2.40. The van der Waals surface area contributed by atoms with Crippen LogP contribution in [-0.2, 0) is 7.05 Å². The van der Waals surface area contributed by atoms with Gasteiger partial charge in [0.05, 0.1) is 12.1 Å². The lowest BCUT2D eigenvalue weighted by Crippen LogP contribution is -2.14. The van der Waals surface area contributed by atoms with Crippen LogP contribution in [0.2, 0.25) is 0 Å². The second-order valence-electron chi connectivity index (χ2n) is 6.55. The van der Waals surface area contributed by atoms with Crippen LogP contribution in [-0.4, -0.2) is 29.7 Å². The average Bonchev–Trinajstić information content (AvgIpc) is 3.13. The lowest BCUT2D eigenvalue weighted by Gasteiger charge is -2.17. The van der Waals surface area contributed by atoms with E-state index < -0.39 is 0 Å². The summed E-state index contributed by atoms with van der Waals surface area (Å²) in [6.45, 7) is 0.193. The van der Waals surface area contributed by atoms with E-state index in [1.165, 1.54) is 0 Å². The molecule has 7 heteroatoms. The van der Waals surface area contributed by atoms with Gasteiger partial charge in [-0.05, 0) is 35.2 Å². The van der Waals surface area contributed by atoms with Crippen LogP contribution >= 0.6 is 12.4 Å². The number of halogens is 1. The third-order valence-corrected chi connectivity index (χ3v) is 4.96. The van der Waals surface area contributed by atoms with Crippen LogP contribution in [0.15, 0.2) is 47.4 Å². The second-order valence-corrected chi connectivity index (χ2v) is 6.55. The fourth-order valence-electron chi connectivity index (χ4n) is 3.77. The normalized spacial score (nSPS) is 12.5. The summed E-state index contributed by atoms with van der Waals surface area (Å²) in [7, 11) is 1.92. The predicted molar refractivity (Wildman–Crippen MR) is 109 cm³/mol. The van der Waals surface area contributed by atoms with Crippen LogP contribution in [0.5, 0.6) is 17.2 Å². The number of aliphatic hydroxyl groups is 1. The first-order valence-electron chi connectivity index (χ1n) is 8.69. The lowest BCUT2D eigenvalue weighted by molar-refractivity contribution is 0.174. The molecule has 0 atom stereocenters. The molecule has 2 aromatic carbocycles. The Hall–Kier alpha value is -2.96. The van der Waals surface area contributed by atoms with Gasteiger partial charge < -0.3 is 23.9 Å². The summed E-state index contributed by atoms with van der Waals surface area (Å²) in [6.07, 6.45) is 1.83. The van der Waals surface area contributed by atoms with E-state index >= 15 is 0 Å². The van der Waals surface area contributed by atoms with Crippen LogP contribution in [0.3, 0.4) is 0 Å². The van der Waals surface area contributed by atoms with E-state index in [0.717, 1.165) is 38.7 Å². The molecule has 144 valence electrons. The zero-order valence-electron chi connectivity index (χ0n) is 15.1. The SMILES string of the molecule is Cl.Cn1cc2c(=O)c(OCCO)ccc-2c2ccc3cc4c(cc3c21)OCO4. The number of benzene rings is 3. The molecule has 2 aromatic rings. The molecule has 28 heavy (non-hydrogen) atoms. The van der Waals surface area contributed by atoms with Crippen molar-refractivity contribution in [3.63, 3.8) is 0 Å². The van der Waals surface area contributed by atoms with Crippen molar-refractivity contribution in [2.75, 3.05) is 20.0 Å². The summed E-state index contributed by atoms with van der Waals surface area (Å²) < 4.78 is 18.3. The van der Waals surface area contributed by atoms with Gasteiger partial charge in [-0.3, -0.25) is 4.79 Å². The van der Waals surface area contributed by atoms with E-state index in [0.29, 0.717) is 5.56 Å². The van der Waals surface area contributed by atoms with Crippen molar-refractivity contribution < 1.29 is 19.3 Å². The minimum atomic E-state index is -0.177. The number of aryl methyl sites for hydroxylation is 1. The standard InChI is InChI=1S/C21H17NO5.ClH/c1-22-10-16-13(4-5-17(21(16)24)25-7-6-23)14-3-2-12-8-18-19(27-11-26-18)9-15(12)20(14)22;/h2-5,8-10,23H,6-7,11H2,1H3;1H. The maximum absolute atomic E-state index is 12.8. The van der Waals surface area contributed by atoms with Crippen LogP contribution < -0.4 is 19.6 Å². The van der Waals surface area contributed by atoms with E-state index in [-0.39, 0.29) is 43.6 Å².